The monoisotopic (exact) mass is 565 g/mol. The van der Waals surface area contributed by atoms with Crippen molar-refractivity contribution in [1.29, 1.82) is 0 Å². The van der Waals surface area contributed by atoms with Gasteiger partial charge in [-0.3, -0.25) is 0 Å². The molecule has 3 aromatic heterocycles. The summed E-state index contributed by atoms with van der Waals surface area (Å²) in [4.78, 5) is 22.5. The topological polar surface area (TPSA) is 125 Å². The molecule has 10 heteroatoms. The molecule has 0 saturated carbocycles. The number of imidazole rings is 1. The number of aliphatic hydroxyl groups excluding tert-OH is 1. The van der Waals surface area contributed by atoms with Crippen LogP contribution in [-0.2, 0) is 6.42 Å². The van der Waals surface area contributed by atoms with Gasteiger partial charge >= 0.3 is 0 Å². The van der Waals surface area contributed by atoms with E-state index in [0.717, 1.165) is 97.6 Å². The van der Waals surface area contributed by atoms with Gasteiger partial charge in [-0.05, 0) is 62.9 Å². The van der Waals surface area contributed by atoms with Crippen molar-refractivity contribution in [2.45, 2.75) is 50.6 Å². The zero-order valence-corrected chi connectivity index (χ0v) is 24.0. The summed E-state index contributed by atoms with van der Waals surface area (Å²) in [7, 11) is 0. The van der Waals surface area contributed by atoms with Gasteiger partial charge in [-0.15, -0.1) is 0 Å². The van der Waals surface area contributed by atoms with E-state index < -0.39 is 0 Å². The fourth-order valence-electron chi connectivity index (χ4n) is 6.83. The van der Waals surface area contributed by atoms with Gasteiger partial charge < -0.3 is 25.6 Å². The number of hydrogen-bond donors (Lipinski definition) is 3. The zero-order chi connectivity index (χ0) is 28.5. The minimum Gasteiger partial charge on any atom is -0.396 e. The van der Waals surface area contributed by atoms with Crippen LogP contribution in [0, 0.1) is 0 Å². The highest BCUT2D eigenvalue weighted by Gasteiger charge is 2.30. The van der Waals surface area contributed by atoms with E-state index in [1.54, 1.807) is 6.33 Å². The summed E-state index contributed by atoms with van der Waals surface area (Å²) in [5.41, 5.74) is 12.2. The fourth-order valence-corrected chi connectivity index (χ4v) is 6.83. The smallest absolute Gasteiger partial charge is 0.164 e. The average molecular weight is 566 g/mol. The lowest BCUT2D eigenvalue weighted by Crippen LogP contribution is -2.48. The Bertz CT molecular complexity index is 1650. The van der Waals surface area contributed by atoms with Crippen LogP contribution in [0.4, 0.5) is 5.82 Å². The van der Waals surface area contributed by atoms with Gasteiger partial charge in [0.1, 0.15) is 23.7 Å². The number of benzene rings is 2. The summed E-state index contributed by atoms with van der Waals surface area (Å²) in [5.74, 6) is 1.40. The van der Waals surface area contributed by atoms with Gasteiger partial charge in [0.05, 0.1) is 22.5 Å². The predicted octanol–water partition coefficient (Wildman–Crippen LogP) is 4.03. The second-order valence-electron chi connectivity index (χ2n) is 11.7. The Hall–Kier alpha value is -3.86. The molecule has 2 saturated heterocycles. The van der Waals surface area contributed by atoms with Gasteiger partial charge in [0.2, 0.25) is 0 Å². The maximum Gasteiger partial charge on any atom is 0.164 e. The number of nitrogens with two attached hydrogens (primary N) is 1. The Morgan fingerprint density at radius 1 is 0.929 bits per heavy atom. The molecule has 2 fully saturated rings. The van der Waals surface area contributed by atoms with E-state index in [1.807, 2.05) is 12.1 Å². The number of nitrogens with zero attached hydrogens (tertiary/aromatic N) is 7. The number of aromatic amines is 1. The Kier molecular flexibility index (Phi) is 7.58. The second-order valence-corrected chi connectivity index (χ2v) is 11.7. The van der Waals surface area contributed by atoms with E-state index in [1.165, 1.54) is 18.4 Å². The number of hydrogen-bond acceptors (Lipinski definition) is 8. The lowest BCUT2D eigenvalue weighted by atomic mass is 9.98. The fraction of sp³-hybridized carbons (Fsp3) is 0.438. The van der Waals surface area contributed by atoms with Crippen LogP contribution in [0.15, 0.2) is 54.9 Å². The minimum absolute atomic E-state index is 0.268. The van der Waals surface area contributed by atoms with Crippen molar-refractivity contribution in [1.82, 2.24) is 39.5 Å². The number of anilines is 1. The molecule has 218 valence electrons. The Balaban J connectivity index is 1.10. The first-order valence-electron chi connectivity index (χ1n) is 15.2. The van der Waals surface area contributed by atoms with Crippen LogP contribution in [0.1, 0.15) is 49.5 Å². The molecular weight excluding hydrogens is 526 g/mol. The number of H-pyrrole nitrogens is 1. The Labute approximate surface area is 245 Å². The molecule has 0 bridgehead atoms. The molecule has 5 aromatic rings. The molecule has 0 spiro atoms. The molecule has 2 aliphatic rings. The summed E-state index contributed by atoms with van der Waals surface area (Å²) >= 11 is 0. The maximum atomic E-state index is 9.15. The van der Waals surface area contributed by atoms with Gasteiger partial charge in [0.25, 0.3) is 0 Å². The molecule has 2 aliphatic heterocycles. The lowest BCUT2D eigenvalue weighted by molar-refractivity contribution is 0.0758. The van der Waals surface area contributed by atoms with Crippen molar-refractivity contribution in [3.8, 4) is 11.3 Å². The van der Waals surface area contributed by atoms with Gasteiger partial charge in [-0.2, -0.15) is 5.10 Å². The number of aromatic nitrogens is 6. The number of rotatable bonds is 8. The minimum atomic E-state index is 0.268. The summed E-state index contributed by atoms with van der Waals surface area (Å²) in [5, 5.41) is 15.1. The number of nitrogen functional groups attached to an aromatic ring is 1. The Morgan fingerprint density at radius 3 is 2.50 bits per heavy atom. The largest absolute Gasteiger partial charge is 0.396 e. The molecule has 0 aliphatic carbocycles. The quantitative estimate of drug-likeness (QED) is 0.258. The summed E-state index contributed by atoms with van der Waals surface area (Å²) in [6.45, 7) is 5.67. The zero-order valence-electron chi connectivity index (χ0n) is 24.0. The van der Waals surface area contributed by atoms with Crippen LogP contribution in [0.3, 0.4) is 0 Å². The lowest BCUT2D eigenvalue weighted by Gasteiger charge is -2.41. The first-order valence-corrected chi connectivity index (χ1v) is 15.2. The molecule has 10 nitrogen and oxygen atoms in total. The molecular formula is C32H39N9O. The van der Waals surface area contributed by atoms with Crippen LogP contribution in [-0.4, -0.2) is 90.0 Å². The molecule has 0 atom stereocenters. The van der Waals surface area contributed by atoms with Crippen molar-refractivity contribution in [2.75, 3.05) is 45.1 Å². The highest BCUT2D eigenvalue weighted by molar-refractivity contribution is 5.99. The van der Waals surface area contributed by atoms with E-state index in [2.05, 4.69) is 65.8 Å². The average Bonchev–Trinajstić information content (AvgIpc) is 3.62. The van der Waals surface area contributed by atoms with Crippen LogP contribution in [0.25, 0.3) is 33.3 Å². The van der Waals surface area contributed by atoms with Crippen LogP contribution in [0.2, 0.25) is 0 Å². The second kappa shape index (κ2) is 11.8. The number of nitrogens with one attached hydrogen (secondary N) is 1. The predicted molar refractivity (Wildman–Crippen MR) is 165 cm³/mol. The molecule has 0 amide bonds. The molecule has 5 heterocycles. The van der Waals surface area contributed by atoms with E-state index >= 15 is 0 Å². The maximum absolute atomic E-state index is 9.15. The van der Waals surface area contributed by atoms with E-state index in [0.29, 0.717) is 11.9 Å². The van der Waals surface area contributed by atoms with Crippen LogP contribution in [0.5, 0.6) is 0 Å². The number of fused-ring (bicyclic) bond motifs is 2. The standard InChI is InChI=1S/C32H39N9O/c33-31-29-30(23-7-8-26-27(20-23)37-28(36-26)19-22-5-2-1-3-6-22)38-41(32(29)35-21-34-31)25-11-16-40(17-12-25)24-9-14-39(15-10-24)13-4-18-42/h1-3,5-8,20-21,24-25,42H,4,9-19H2,(H,36,37)(H2,33,34,35). The third kappa shape index (κ3) is 5.37. The summed E-state index contributed by atoms with van der Waals surface area (Å²) in [6.07, 6.45) is 7.66. The van der Waals surface area contributed by atoms with Crippen molar-refractivity contribution in [3.05, 3.63) is 66.2 Å². The first kappa shape index (κ1) is 27.0. The molecule has 2 aromatic carbocycles. The van der Waals surface area contributed by atoms with Gasteiger partial charge in [0, 0.05) is 44.3 Å². The number of aliphatic hydroxyl groups is 1. The third-order valence-electron chi connectivity index (χ3n) is 9.09. The van der Waals surface area contributed by atoms with Gasteiger partial charge in [-0.25, -0.2) is 19.6 Å². The molecule has 42 heavy (non-hydrogen) atoms. The normalized spacial score (nSPS) is 17.9. The van der Waals surface area contributed by atoms with Crippen molar-refractivity contribution < 1.29 is 5.11 Å². The van der Waals surface area contributed by atoms with Crippen molar-refractivity contribution >= 4 is 27.9 Å². The molecule has 4 N–H and O–H groups in total. The summed E-state index contributed by atoms with van der Waals surface area (Å²) < 4.78 is 2.11. The van der Waals surface area contributed by atoms with Crippen LogP contribution >= 0.6 is 0 Å². The SMILES string of the molecule is Nc1ncnc2c1c(-c1ccc3nc(Cc4ccccc4)[nH]c3c1)nn2C1CCN(C2CCN(CCCO)CC2)CC1. The van der Waals surface area contributed by atoms with E-state index in [-0.39, 0.29) is 12.6 Å². The van der Waals surface area contributed by atoms with Crippen molar-refractivity contribution in [3.63, 3.8) is 0 Å². The first-order chi connectivity index (χ1) is 20.7. The molecule has 7 rings (SSSR count). The number of piperidine rings is 2. The number of likely N-dealkylation sites (tertiary alicyclic amines) is 2. The van der Waals surface area contributed by atoms with Gasteiger partial charge in [0.15, 0.2) is 5.65 Å². The molecule has 0 radical (unpaired) electrons. The third-order valence-corrected chi connectivity index (χ3v) is 9.09. The Morgan fingerprint density at radius 2 is 1.71 bits per heavy atom. The summed E-state index contributed by atoms with van der Waals surface area (Å²) in [6, 6.07) is 17.5. The molecule has 0 unspecified atom stereocenters. The van der Waals surface area contributed by atoms with Crippen LogP contribution < -0.4 is 5.73 Å². The van der Waals surface area contributed by atoms with Gasteiger partial charge in [-0.1, -0.05) is 36.4 Å². The highest BCUT2D eigenvalue weighted by Crippen LogP contribution is 2.35. The van der Waals surface area contributed by atoms with E-state index in [9.17, 15) is 0 Å². The van der Waals surface area contributed by atoms with Crippen molar-refractivity contribution in [2.24, 2.45) is 0 Å². The highest BCUT2D eigenvalue weighted by atomic mass is 16.3. The van der Waals surface area contributed by atoms with E-state index in [4.69, 9.17) is 20.9 Å².